The van der Waals surface area contributed by atoms with E-state index in [1.165, 1.54) is 22.5 Å². The molecule has 1 aliphatic heterocycles. The van der Waals surface area contributed by atoms with Gasteiger partial charge >= 0.3 is 0 Å². The van der Waals surface area contributed by atoms with Crippen LogP contribution >= 0.6 is 11.6 Å². The Morgan fingerprint density at radius 3 is 2.42 bits per heavy atom. The first-order valence-electron chi connectivity index (χ1n) is 10.1. The molecule has 0 saturated carbocycles. The Morgan fingerprint density at radius 1 is 1.06 bits per heavy atom. The molecule has 0 spiro atoms. The maximum absolute atomic E-state index is 13.0. The molecule has 0 aliphatic carbocycles. The number of nitrogens with one attached hydrogen (secondary N) is 1. The van der Waals surface area contributed by atoms with Gasteiger partial charge in [0.05, 0.1) is 35.7 Å². The van der Waals surface area contributed by atoms with E-state index in [1.54, 1.807) is 39.3 Å². The first-order valence-corrected chi connectivity index (χ1v) is 11.9. The molecule has 3 rings (SSSR count). The van der Waals surface area contributed by atoms with Crippen LogP contribution in [0.25, 0.3) is 0 Å². The van der Waals surface area contributed by atoms with Gasteiger partial charge in [0.2, 0.25) is 10.0 Å². The Balaban J connectivity index is 1.86. The molecule has 1 atom stereocenters. The normalized spacial score (nSPS) is 15.9. The Morgan fingerprint density at radius 2 is 1.77 bits per heavy atom. The van der Waals surface area contributed by atoms with Crippen molar-refractivity contribution < 1.29 is 22.7 Å². The third-order valence-electron chi connectivity index (χ3n) is 5.39. The monoisotopic (exact) mass is 466 g/mol. The summed E-state index contributed by atoms with van der Waals surface area (Å²) in [6.07, 6.45) is 2.69. The van der Waals surface area contributed by atoms with E-state index < -0.39 is 22.0 Å². The Hall–Kier alpha value is -2.29. The molecule has 31 heavy (non-hydrogen) atoms. The molecule has 0 radical (unpaired) electrons. The van der Waals surface area contributed by atoms with Crippen molar-refractivity contribution in [3.63, 3.8) is 0 Å². The Kier molecular flexibility index (Phi) is 7.46. The summed E-state index contributed by atoms with van der Waals surface area (Å²) in [6, 6.07) is 9.11. The van der Waals surface area contributed by atoms with E-state index in [2.05, 4.69) is 5.32 Å². The number of carbonyl (C=O) groups is 1. The van der Waals surface area contributed by atoms with Crippen LogP contribution in [0.5, 0.6) is 11.5 Å². The summed E-state index contributed by atoms with van der Waals surface area (Å²) < 4.78 is 38.1. The second-order valence-corrected chi connectivity index (χ2v) is 9.75. The van der Waals surface area contributed by atoms with Crippen molar-refractivity contribution in [3.8, 4) is 11.5 Å². The fourth-order valence-electron chi connectivity index (χ4n) is 3.62. The van der Waals surface area contributed by atoms with Gasteiger partial charge in [-0.2, -0.15) is 4.31 Å². The molecule has 1 aliphatic rings. The quantitative estimate of drug-likeness (QED) is 0.666. The fourth-order valence-corrected chi connectivity index (χ4v) is 5.37. The van der Waals surface area contributed by atoms with Gasteiger partial charge in [0.25, 0.3) is 5.91 Å². The van der Waals surface area contributed by atoms with Gasteiger partial charge in [-0.05, 0) is 56.2 Å². The number of amides is 1. The van der Waals surface area contributed by atoms with Gasteiger partial charge in [-0.3, -0.25) is 4.79 Å². The number of piperidine rings is 1. The van der Waals surface area contributed by atoms with Crippen molar-refractivity contribution >= 4 is 27.5 Å². The lowest BCUT2D eigenvalue weighted by atomic mass is 10.1. The van der Waals surface area contributed by atoms with Crippen molar-refractivity contribution in [2.24, 2.45) is 0 Å². The number of carbonyl (C=O) groups excluding carboxylic acids is 1. The molecule has 1 amide bonds. The SMILES string of the molecule is COc1ccc(OC)c([C@@H](C)NC(=O)c2cc(S(=O)(=O)N3CCCCC3)ccc2Cl)c1. The number of methoxy groups -OCH3 is 2. The molecule has 168 valence electrons. The van der Waals surface area contributed by atoms with Crippen molar-refractivity contribution in [3.05, 3.63) is 52.5 Å². The molecule has 0 aromatic heterocycles. The van der Waals surface area contributed by atoms with Crippen molar-refractivity contribution in [1.29, 1.82) is 0 Å². The molecule has 1 fully saturated rings. The van der Waals surface area contributed by atoms with E-state index >= 15 is 0 Å². The van der Waals surface area contributed by atoms with Crippen LogP contribution in [0.1, 0.15) is 48.1 Å². The van der Waals surface area contributed by atoms with E-state index in [1.807, 2.05) is 0 Å². The number of sulfonamides is 1. The number of hydrogen-bond acceptors (Lipinski definition) is 5. The van der Waals surface area contributed by atoms with Crippen LogP contribution in [-0.2, 0) is 10.0 Å². The Bertz CT molecular complexity index is 1050. The van der Waals surface area contributed by atoms with Gasteiger partial charge in [-0.25, -0.2) is 8.42 Å². The molecular formula is C22H27ClN2O5S. The highest BCUT2D eigenvalue weighted by atomic mass is 35.5. The average Bonchev–Trinajstić information content (AvgIpc) is 2.79. The minimum absolute atomic E-state index is 0.0653. The first kappa shape index (κ1) is 23.4. The smallest absolute Gasteiger partial charge is 0.253 e. The first-order chi connectivity index (χ1) is 14.8. The van der Waals surface area contributed by atoms with Gasteiger partial charge in [-0.15, -0.1) is 0 Å². The third-order valence-corrected chi connectivity index (χ3v) is 7.61. The summed E-state index contributed by atoms with van der Waals surface area (Å²) in [5.41, 5.74) is 0.830. The third kappa shape index (κ3) is 5.14. The molecule has 7 nitrogen and oxygen atoms in total. The average molecular weight is 467 g/mol. The van der Waals surface area contributed by atoms with Crippen LogP contribution in [0.4, 0.5) is 0 Å². The van der Waals surface area contributed by atoms with E-state index in [0.29, 0.717) is 24.6 Å². The zero-order valence-corrected chi connectivity index (χ0v) is 19.4. The topological polar surface area (TPSA) is 84.9 Å². The standard InChI is InChI=1S/C22H27ClN2O5S/c1-15(18-13-16(29-2)7-10-21(18)30-3)24-22(26)19-14-17(8-9-20(19)23)31(27,28)25-11-5-4-6-12-25/h7-10,13-15H,4-6,11-12H2,1-3H3,(H,24,26)/t15-/m1/s1. The molecule has 0 unspecified atom stereocenters. The zero-order chi connectivity index (χ0) is 22.6. The molecule has 1 N–H and O–H groups in total. The second-order valence-electron chi connectivity index (χ2n) is 7.41. The largest absolute Gasteiger partial charge is 0.497 e. The molecule has 1 saturated heterocycles. The van der Waals surface area contributed by atoms with Crippen LogP contribution < -0.4 is 14.8 Å². The number of rotatable bonds is 7. The van der Waals surface area contributed by atoms with Gasteiger partial charge in [0.1, 0.15) is 11.5 Å². The second kappa shape index (κ2) is 9.89. The Labute approximate surface area is 188 Å². The predicted octanol–water partition coefficient (Wildman–Crippen LogP) is 4.02. The molecule has 2 aromatic rings. The highest BCUT2D eigenvalue weighted by Gasteiger charge is 2.27. The van der Waals surface area contributed by atoms with Gasteiger partial charge in [0, 0.05) is 18.7 Å². The molecule has 2 aromatic carbocycles. The fraction of sp³-hybridized carbons (Fsp3) is 0.409. The number of halogens is 1. The summed E-state index contributed by atoms with van der Waals surface area (Å²) in [4.78, 5) is 13.0. The van der Waals surface area contributed by atoms with Crippen LogP contribution in [-0.4, -0.2) is 45.9 Å². The van der Waals surface area contributed by atoms with Gasteiger partial charge < -0.3 is 14.8 Å². The maximum Gasteiger partial charge on any atom is 0.253 e. The summed E-state index contributed by atoms with van der Waals surface area (Å²) in [5, 5.41) is 3.05. The molecule has 0 bridgehead atoms. The lowest BCUT2D eigenvalue weighted by Gasteiger charge is -2.26. The highest BCUT2D eigenvalue weighted by Crippen LogP contribution is 2.30. The predicted molar refractivity (Wildman–Crippen MR) is 119 cm³/mol. The van der Waals surface area contributed by atoms with Crippen LogP contribution in [0, 0.1) is 0 Å². The van der Waals surface area contributed by atoms with E-state index in [0.717, 1.165) is 24.8 Å². The minimum atomic E-state index is -3.68. The maximum atomic E-state index is 13.0. The number of nitrogens with zero attached hydrogens (tertiary/aromatic N) is 1. The van der Waals surface area contributed by atoms with E-state index in [-0.39, 0.29) is 15.5 Å². The molecular weight excluding hydrogens is 440 g/mol. The summed E-state index contributed by atoms with van der Waals surface area (Å²) in [5.74, 6) is 0.753. The zero-order valence-electron chi connectivity index (χ0n) is 17.9. The lowest BCUT2D eigenvalue weighted by Crippen LogP contribution is -2.35. The summed E-state index contributed by atoms with van der Waals surface area (Å²) in [6.45, 7) is 2.77. The minimum Gasteiger partial charge on any atom is -0.497 e. The van der Waals surface area contributed by atoms with Gasteiger partial charge in [0.15, 0.2) is 0 Å². The molecule has 1 heterocycles. The van der Waals surface area contributed by atoms with Crippen molar-refractivity contribution in [1.82, 2.24) is 9.62 Å². The van der Waals surface area contributed by atoms with E-state index in [9.17, 15) is 13.2 Å². The summed E-state index contributed by atoms with van der Waals surface area (Å²) >= 11 is 6.25. The lowest BCUT2D eigenvalue weighted by molar-refractivity contribution is 0.0939. The summed E-state index contributed by atoms with van der Waals surface area (Å²) in [7, 11) is -0.571. The van der Waals surface area contributed by atoms with Crippen molar-refractivity contribution in [2.75, 3.05) is 27.3 Å². The van der Waals surface area contributed by atoms with Crippen LogP contribution in [0.2, 0.25) is 5.02 Å². The number of hydrogen-bond donors (Lipinski definition) is 1. The number of ether oxygens (including phenoxy) is 2. The highest BCUT2D eigenvalue weighted by molar-refractivity contribution is 7.89. The van der Waals surface area contributed by atoms with Crippen LogP contribution in [0.15, 0.2) is 41.3 Å². The van der Waals surface area contributed by atoms with Crippen molar-refractivity contribution in [2.45, 2.75) is 37.1 Å². The number of benzene rings is 2. The van der Waals surface area contributed by atoms with Crippen LogP contribution in [0.3, 0.4) is 0 Å². The van der Waals surface area contributed by atoms with Gasteiger partial charge in [-0.1, -0.05) is 18.0 Å². The van der Waals surface area contributed by atoms with E-state index in [4.69, 9.17) is 21.1 Å². The molecule has 9 heteroatoms.